The summed E-state index contributed by atoms with van der Waals surface area (Å²) >= 11 is 0. The number of aliphatic carboxylic acids is 1. The molecule has 4 nitrogen and oxygen atoms in total. The third-order valence-corrected chi connectivity index (χ3v) is 5.71. The maximum Gasteiger partial charge on any atom is 0.339 e. The van der Waals surface area contributed by atoms with Crippen molar-refractivity contribution in [3.8, 4) is 0 Å². The van der Waals surface area contributed by atoms with Gasteiger partial charge in [-0.2, -0.15) is 0 Å². The summed E-state index contributed by atoms with van der Waals surface area (Å²) in [5.41, 5.74) is 2.40. The van der Waals surface area contributed by atoms with Crippen molar-refractivity contribution in [3.05, 3.63) is 65.8 Å². The van der Waals surface area contributed by atoms with Crippen LogP contribution in [0.25, 0.3) is 5.57 Å². The minimum absolute atomic E-state index is 0.0465. The summed E-state index contributed by atoms with van der Waals surface area (Å²) < 4.78 is 0. The Hall–Kier alpha value is -2.49. The highest BCUT2D eigenvalue weighted by Crippen LogP contribution is 2.27. The minimum atomic E-state index is -0.972. The Morgan fingerprint density at radius 1 is 0.903 bits per heavy atom. The number of carboxylic acids is 1. The summed E-state index contributed by atoms with van der Waals surface area (Å²) in [7, 11) is 0. The van der Waals surface area contributed by atoms with E-state index >= 15 is 0 Å². The van der Waals surface area contributed by atoms with Crippen LogP contribution in [0.4, 0.5) is 0 Å². The maximum atomic E-state index is 12.0. The van der Waals surface area contributed by atoms with Gasteiger partial charge in [-0.3, -0.25) is 0 Å². The lowest BCUT2D eigenvalue weighted by atomic mass is 9.91. The number of aromatic nitrogens is 2. The lowest BCUT2D eigenvalue weighted by Crippen LogP contribution is -2.07. The molecule has 0 aliphatic rings. The number of benzene rings is 1. The van der Waals surface area contributed by atoms with E-state index in [0.29, 0.717) is 5.82 Å². The summed E-state index contributed by atoms with van der Waals surface area (Å²) in [5, 5.41) is 9.86. The van der Waals surface area contributed by atoms with E-state index in [1.165, 1.54) is 32.1 Å². The number of carbonyl (C=O) groups is 1. The van der Waals surface area contributed by atoms with Crippen LogP contribution in [-0.2, 0) is 11.2 Å². The number of rotatable bonds is 15. The van der Waals surface area contributed by atoms with Crippen LogP contribution in [0.5, 0.6) is 0 Å². The first-order valence-electron chi connectivity index (χ1n) is 12.0. The molecule has 1 N–H and O–H groups in total. The highest BCUT2D eigenvalue weighted by Gasteiger charge is 2.18. The van der Waals surface area contributed by atoms with Crippen molar-refractivity contribution >= 4 is 11.5 Å². The summed E-state index contributed by atoms with van der Waals surface area (Å²) in [4.78, 5) is 20.9. The number of unbranched alkanes of at least 4 members (excludes halogenated alkanes) is 7. The van der Waals surface area contributed by atoms with Crippen molar-refractivity contribution in [1.82, 2.24) is 9.97 Å². The Bertz CT molecular complexity index is 785. The fraction of sp³-hybridized carbons (Fsp3) is 0.519. The normalized spacial score (nSPS) is 12.6. The van der Waals surface area contributed by atoms with Gasteiger partial charge in [-0.05, 0) is 30.4 Å². The maximum absolute atomic E-state index is 12.0. The Morgan fingerprint density at radius 2 is 1.52 bits per heavy atom. The molecule has 31 heavy (non-hydrogen) atoms. The molecule has 0 aliphatic carbocycles. The molecule has 1 aromatic heterocycles. The molecule has 4 heteroatoms. The lowest BCUT2D eigenvalue weighted by molar-refractivity contribution is -0.130. The van der Waals surface area contributed by atoms with Gasteiger partial charge in [0.25, 0.3) is 0 Å². The van der Waals surface area contributed by atoms with Crippen molar-refractivity contribution in [2.45, 2.75) is 90.4 Å². The first kappa shape index (κ1) is 24.8. The van der Waals surface area contributed by atoms with Crippen LogP contribution in [0.3, 0.4) is 0 Å². The molecule has 1 unspecified atom stereocenters. The molecule has 1 aromatic carbocycles. The van der Waals surface area contributed by atoms with Crippen molar-refractivity contribution in [2.75, 3.05) is 0 Å². The van der Waals surface area contributed by atoms with Gasteiger partial charge in [-0.15, -0.1) is 0 Å². The fourth-order valence-electron chi connectivity index (χ4n) is 3.84. The number of hydrogen-bond donors (Lipinski definition) is 1. The molecule has 0 fully saturated rings. The smallest absolute Gasteiger partial charge is 0.339 e. The Kier molecular flexibility index (Phi) is 11.6. The third kappa shape index (κ3) is 9.04. The van der Waals surface area contributed by atoms with Crippen molar-refractivity contribution in [2.24, 2.45) is 0 Å². The van der Waals surface area contributed by atoms with Crippen molar-refractivity contribution in [1.29, 1.82) is 0 Å². The van der Waals surface area contributed by atoms with Crippen LogP contribution in [0.1, 0.15) is 101 Å². The molecule has 1 atom stereocenters. The number of nitrogens with zero attached hydrogens (tertiary/aromatic N) is 2. The standard InChI is InChI=1S/C27H38N2O2/c1-3-5-7-8-9-12-15-22-20-28-26(29-21-22)25(27(30)31)19-24(18-11-6-4-2)23-16-13-10-14-17-23/h10,13-14,16-17,19-21,24H,3-9,11-12,15,18H2,1-2H3,(H,30,31)/b25-19+. The fourth-order valence-corrected chi connectivity index (χ4v) is 3.84. The zero-order valence-electron chi connectivity index (χ0n) is 19.2. The Balaban J connectivity index is 2.09. The van der Waals surface area contributed by atoms with Crippen LogP contribution in [0.15, 0.2) is 48.8 Å². The van der Waals surface area contributed by atoms with Gasteiger partial charge in [-0.1, -0.05) is 102 Å². The van der Waals surface area contributed by atoms with E-state index in [4.69, 9.17) is 0 Å². The highest BCUT2D eigenvalue weighted by molar-refractivity contribution is 6.14. The monoisotopic (exact) mass is 422 g/mol. The molecule has 168 valence electrons. The minimum Gasteiger partial charge on any atom is -0.478 e. The number of allylic oxidation sites excluding steroid dienone is 1. The Morgan fingerprint density at radius 3 is 2.16 bits per heavy atom. The predicted octanol–water partition coefficient (Wildman–Crippen LogP) is 7.21. The van der Waals surface area contributed by atoms with E-state index in [2.05, 4.69) is 35.9 Å². The molecule has 2 aromatic rings. The molecular weight excluding hydrogens is 384 g/mol. The van der Waals surface area contributed by atoms with Crippen LogP contribution in [0, 0.1) is 0 Å². The quantitative estimate of drug-likeness (QED) is 0.243. The molecule has 0 radical (unpaired) electrons. The van der Waals surface area contributed by atoms with Gasteiger partial charge in [0.2, 0.25) is 0 Å². The topological polar surface area (TPSA) is 63.1 Å². The molecule has 0 aliphatic heterocycles. The van der Waals surface area contributed by atoms with E-state index < -0.39 is 5.97 Å². The van der Waals surface area contributed by atoms with Gasteiger partial charge < -0.3 is 5.11 Å². The number of aryl methyl sites for hydroxylation is 1. The number of hydrogen-bond acceptors (Lipinski definition) is 3. The van der Waals surface area contributed by atoms with E-state index in [-0.39, 0.29) is 11.5 Å². The van der Waals surface area contributed by atoms with Gasteiger partial charge in [-0.25, -0.2) is 14.8 Å². The van der Waals surface area contributed by atoms with Crippen molar-refractivity contribution < 1.29 is 9.90 Å². The summed E-state index contributed by atoms with van der Waals surface area (Å²) in [6.45, 7) is 4.41. The van der Waals surface area contributed by atoms with Gasteiger partial charge >= 0.3 is 5.97 Å². The Labute approximate surface area is 187 Å². The zero-order valence-corrected chi connectivity index (χ0v) is 19.2. The third-order valence-electron chi connectivity index (χ3n) is 5.71. The van der Waals surface area contributed by atoms with E-state index in [0.717, 1.165) is 49.7 Å². The predicted molar refractivity (Wildman–Crippen MR) is 128 cm³/mol. The molecule has 0 amide bonds. The van der Waals surface area contributed by atoms with Crippen molar-refractivity contribution in [3.63, 3.8) is 0 Å². The molecule has 1 heterocycles. The average Bonchev–Trinajstić information content (AvgIpc) is 2.79. The molecule has 0 spiro atoms. The summed E-state index contributed by atoms with van der Waals surface area (Å²) in [6, 6.07) is 10.1. The van der Waals surface area contributed by atoms with Crippen LogP contribution in [-0.4, -0.2) is 21.0 Å². The van der Waals surface area contributed by atoms with E-state index in [1.54, 1.807) is 12.4 Å². The van der Waals surface area contributed by atoms with Gasteiger partial charge in [0.15, 0.2) is 5.82 Å². The average molecular weight is 423 g/mol. The second-order valence-corrected chi connectivity index (χ2v) is 8.33. The molecule has 0 saturated carbocycles. The molecule has 2 rings (SSSR count). The second kappa shape index (κ2) is 14.5. The van der Waals surface area contributed by atoms with E-state index in [9.17, 15) is 9.90 Å². The first-order chi connectivity index (χ1) is 15.2. The highest BCUT2D eigenvalue weighted by atomic mass is 16.4. The lowest BCUT2D eigenvalue weighted by Gasteiger charge is -2.15. The molecular formula is C27H38N2O2. The summed E-state index contributed by atoms with van der Waals surface area (Å²) in [5.74, 6) is -0.624. The van der Waals surface area contributed by atoms with Gasteiger partial charge in [0, 0.05) is 18.3 Å². The molecule has 0 bridgehead atoms. The zero-order chi connectivity index (χ0) is 22.3. The first-order valence-corrected chi connectivity index (χ1v) is 12.0. The summed E-state index contributed by atoms with van der Waals surface area (Å²) in [6.07, 6.45) is 18.1. The SMILES string of the molecule is CCCCCCCCc1cnc(/C(=C\C(CCCCC)c2ccccc2)C(=O)O)nc1. The van der Waals surface area contributed by atoms with Gasteiger partial charge in [0.1, 0.15) is 5.57 Å². The van der Waals surface area contributed by atoms with Crippen LogP contribution in [0.2, 0.25) is 0 Å². The van der Waals surface area contributed by atoms with Crippen LogP contribution >= 0.6 is 0 Å². The second-order valence-electron chi connectivity index (χ2n) is 8.33. The molecule has 0 saturated heterocycles. The number of carboxylic acid groups (broad SMARTS) is 1. The van der Waals surface area contributed by atoms with Gasteiger partial charge in [0.05, 0.1) is 0 Å². The van der Waals surface area contributed by atoms with Crippen LogP contribution < -0.4 is 0 Å². The van der Waals surface area contributed by atoms with E-state index in [1.807, 2.05) is 24.3 Å². The largest absolute Gasteiger partial charge is 0.478 e.